The maximum absolute atomic E-state index is 14.7. The zero-order chi connectivity index (χ0) is 20.6. The summed E-state index contributed by atoms with van der Waals surface area (Å²) in [6.07, 6.45) is -0.943. The molecule has 0 radical (unpaired) electrons. The topological polar surface area (TPSA) is 71.4 Å². The summed E-state index contributed by atoms with van der Waals surface area (Å²) in [5, 5.41) is 9.77. The van der Waals surface area contributed by atoms with E-state index in [1.54, 1.807) is 0 Å². The quantitative estimate of drug-likeness (QED) is 0.759. The monoisotopic (exact) mass is 416 g/mol. The van der Waals surface area contributed by atoms with Crippen molar-refractivity contribution in [2.24, 2.45) is 5.41 Å². The summed E-state index contributed by atoms with van der Waals surface area (Å²) < 4.78 is 53.6. The highest BCUT2D eigenvalue weighted by atomic mass is 35.5. The van der Waals surface area contributed by atoms with Gasteiger partial charge in [0, 0.05) is 10.6 Å². The fourth-order valence-corrected chi connectivity index (χ4v) is 5.83. The zero-order valence-corrected chi connectivity index (χ0v) is 16.5. The Hall–Kier alpha value is -1.99. The summed E-state index contributed by atoms with van der Waals surface area (Å²) in [4.78, 5) is 11.4. The molecule has 8 heteroatoms. The predicted molar refractivity (Wildman–Crippen MR) is 98.4 cm³/mol. The third kappa shape index (κ3) is 3.71. The molecule has 146 valence electrons. The molecule has 0 heterocycles. The Balaban J connectivity index is 2.97. The Morgan fingerprint density at radius 3 is 2.11 bits per heavy atom. The standard InChI is InChI=1S/C19H19ClF2O4S/c1-18(2,3)19(11-17(23)24,15-10-13(21)6-9-16(15)22)27(25,26)14-7-4-12(20)5-8-14/h4-10H,11H2,1-3H3,(H,23,24). The number of benzene rings is 2. The molecule has 4 nitrogen and oxygen atoms in total. The van der Waals surface area contributed by atoms with Crippen molar-refractivity contribution in [3.8, 4) is 0 Å². The van der Waals surface area contributed by atoms with E-state index in [1.165, 1.54) is 45.0 Å². The van der Waals surface area contributed by atoms with E-state index in [-0.39, 0.29) is 9.92 Å². The number of carboxylic acid groups (broad SMARTS) is 1. The van der Waals surface area contributed by atoms with E-state index < -0.39 is 49.6 Å². The molecule has 0 aliphatic rings. The average Bonchev–Trinajstić information content (AvgIpc) is 2.54. The molecular formula is C19H19ClF2O4S. The second-order valence-electron chi connectivity index (χ2n) is 7.23. The minimum absolute atomic E-state index is 0.230. The van der Waals surface area contributed by atoms with E-state index in [2.05, 4.69) is 0 Å². The third-order valence-electron chi connectivity index (χ3n) is 4.56. The average molecular weight is 417 g/mol. The number of hydrogen-bond donors (Lipinski definition) is 1. The Labute approximate surface area is 161 Å². The number of carbonyl (C=O) groups is 1. The van der Waals surface area contributed by atoms with Crippen molar-refractivity contribution in [2.75, 3.05) is 0 Å². The molecule has 2 rings (SSSR count). The molecule has 0 aliphatic heterocycles. The minimum Gasteiger partial charge on any atom is -0.481 e. The Kier molecular flexibility index (Phi) is 5.69. The maximum atomic E-state index is 14.7. The van der Waals surface area contributed by atoms with Gasteiger partial charge in [0.25, 0.3) is 0 Å². The SMILES string of the molecule is CC(C)(C)C(CC(=O)O)(c1cc(F)ccc1F)S(=O)(=O)c1ccc(Cl)cc1. The Morgan fingerprint density at radius 1 is 1.07 bits per heavy atom. The summed E-state index contributed by atoms with van der Waals surface area (Å²) in [5.74, 6) is -3.31. The van der Waals surface area contributed by atoms with Gasteiger partial charge in [-0.15, -0.1) is 0 Å². The van der Waals surface area contributed by atoms with Crippen molar-refractivity contribution in [3.05, 3.63) is 64.7 Å². The summed E-state index contributed by atoms with van der Waals surface area (Å²) in [5.41, 5.74) is -1.81. The molecule has 0 spiro atoms. The first-order chi connectivity index (χ1) is 12.3. The van der Waals surface area contributed by atoms with Gasteiger partial charge in [0.2, 0.25) is 0 Å². The Bertz CT molecular complexity index is 966. The molecule has 2 aromatic rings. The van der Waals surface area contributed by atoms with Gasteiger partial charge in [0.05, 0.1) is 11.3 Å². The summed E-state index contributed by atoms with van der Waals surface area (Å²) in [6.45, 7) is 4.44. The third-order valence-corrected chi connectivity index (χ3v) is 7.60. The first-order valence-corrected chi connectivity index (χ1v) is 9.86. The van der Waals surface area contributed by atoms with Crippen molar-refractivity contribution in [1.82, 2.24) is 0 Å². The van der Waals surface area contributed by atoms with Crippen LogP contribution in [-0.4, -0.2) is 19.5 Å². The molecule has 0 aliphatic carbocycles. The highest BCUT2D eigenvalue weighted by Gasteiger charge is 2.57. The fraction of sp³-hybridized carbons (Fsp3) is 0.316. The Morgan fingerprint density at radius 2 is 1.63 bits per heavy atom. The van der Waals surface area contributed by atoms with Crippen LogP contribution < -0.4 is 0 Å². The van der Waals surface area contributed by atoms with E-state index in [1.807, 2.05) is 0 Å². The largest absolute Gasteiger partial charge is 0.481 e. The number of carboxylic acids is 1. The fourth-order valence-electron chi connectivity index (χ4n) is 3.24. The number of rotatable bonds is 5. The van der Waals surface area contributed by atoms with Gasteiger partial charge < -0.3 is 5.11 Å². The molecule has 0 saturated carbocycles. The van der Waals surface area contributed by atoms with Crippen LogP contribution in [0.5, 0.6) is 0 Å². The van der Waals surface area contributed by atoms with Crippen molar-refractivity contribution < 1.29 is 27.1 Å². The number of aliphatic carboxylic acids is 1. The molecule has 2 aromatic carbocycles. The van der Waals surface area contributed by atoms with Crippen LogP contribution in [-0.2, 0) is 19.4 Å². The van der Waals surface area contributed by atoms with E-state index in [9.17, 15) is 27.1 Å². The lowest BCUT2D eigenvalue weighted by atomic mass is 9.73. The van der Waals surface area contributed by atoms with Gasteiger partial charge in [0.1, 0.15) is 16.4 Å². The van der Waals surface area contributed by atoms with E-state index >= 15 is 0 Å². The van der Waals surface area contributed by atoms with Crippen molar-refractivity contribution in [2.45, 2.75) is 36.8 Å². The maximum Gasteiger partial charge on any atom is 0.305 e. The normalized spacial score (nSPS) is 14.6. The van der Waals surface area contributed by atoms with Gasteiger partial charge in [-0.3, -0.25) is 4.79 Å². The van der Waals surface area contributed by atoms with Gasteiger partial charge in [-0.25, -0.2) is 17.2 Å². The lowest BCUT2D eigenvalue weighted by Crippen LogP contribution is -2.49. The molecule has 0 amide bonds. The lowest BCUT2D eigenvalue weighted by molar-refractivity contribution is -0.138. The van der Waals surface area contributed by atoms with Gasteiger partial charge in [-0.2, -0.15) is 0 Å². The highest BCUT2D eigenvalue weighted by Crippen LogP contribution is 2.52. The first kappa shape index (κ1) is 21.3. The predicted octanol–water partition coefficient (Wildman–Crippen LogP) is 4.81. The van der Waals surface area contributed by atoms with Gasteiger partial charge >= 0.3 is 5.97 Å². The molecule has 0 fully saturated rings. The summed E-state index contributed by atoms with van der Waals surface area (Å²) in [6, 6.07) is 7.51. The number of sulfone groups is 1. The van der Waals surface area contributed by atoms with E-state index in [0.29, 0.717) is 0 Å². The van der Waals surface area contributed by atoms with E-state index in [0.717, 1.165) is 18.2 Å². The van der Waals surface area contributed by atoms with Crippen LogP contribution in [0.2, 0.25) is 5.02 Å². The highest BCUT2D eigenvalue weighted by molar-refractivity contribution is 7.92. The molecule has 1 N–H and O–H groups in total. The molecule has 0 bridgehead atoms. The molecule has 0 aromatic heterocycles. The smallest absolute Gasteiger partial charge is 0.305 e. The number of halogens is 3. The van der Waals surface area contributed by atoms with Crippen LogP contribution in [0, 0.1) is 17.0 Å². The van der Waals surface area contributed by atoms with Crippen molar-refractivity contribution in [1.29, 1.82) is 0 Å². The molecular weight excluding hydrogens is 398 g/mol. The van der Waals surface area contributed by atoms with Crippen molar-refractivity contribution in [3.63, 3.8) is 0 Å². The minimum atomic E-state index is -4.47. The van der Waals surface area contributed by atoms with Crippen LogP contribution >= 0.6 is 11.6 Å². The molecule has 27 heavy (non-hydrogen) atoms. The molecule has 1 atom stereocenters. The van der Waals surface area contributed by atoms with Crippen LogP contribution in [0.3, 0.4) is 0 Å². The van der Waals surface area contributed by atoms with Gasteiger partial charge in [-0.05, 0) is 47.9 Å². The van der Waals surface area contributed by atoms with Crippen LogP contribution in [0.1, 0.15) is 32.8 Å². The summed E-state index contributed by atoms with van der Waals surface area (Å²) in [7, 11) is -4.47. The second-order valence-corrected chi connectivity index (χ2v) is 9.84. The van der Waals surface area contributed by atoms with Crippen LogP contribution in [0.15, 0.2) is 47.4 Å². The van der Waals surface area contributed by atoms with Crippen LogP contribution in [0.25, 0.3) is 0 Å². The van der Waals surface area contributed by atoms with Gasteiger partial charge in [0.15, 0.2) is 9.84 Å². The van der Waals surface area contributed by atoms with Crippen molar-refractivity contribution >= 4 is 27.4 Å². The lowest BCUT2D eigenvalue weighted by Gasteiger charge is -2.43. The van der Waals surface area contributed by atoms with Gasteiger partial charge in [-0.1, -0.05) is 32.4 Å². The molecule has 0 saturated heterocycles. The second kappa shape index (κ2) is 7.20. The molecule has 1 unspecified atom stereocenters. The zero-order valence-electron chi connectivity index (χ0n) is 15.0. The van der Waals surface area contributed by atoms with E-state index in [4.69, 9.17) is 11.6 Å². The number of hydrogen-bond acceptors (Lipinski definition) is 3. The summed E-state index contributed by atoms with van der Waals surface area (Å²) >= 11 is 5.81. The first-order valence-electron chi connectivity index (χ1n) is 8.00. The van der Waals surface area contributed by atoms with Crippen LogP contribution in [0.4, 0.5) is 8.78 Å².